The smallest absolute Gasteiger partial charge is 0.407 e. The molecule has 0 aliphatic heterocycles. The molecule has 1 atom stereocenters. The van der Waals surface area contributed by atoms with Gasteiger partial charge in [-0.2, -0.15) is 0 Å². The molecule has 4 N–H and O–H groups in total. The summed E-state index contributed by atoms with van der Waals surface area (Å²) in [5.74, 6) is -1.20. The third-order valence-corrected chi connectivity index (χ3v) is 4.13. The van der Waals surface area contributed by atoms with Gasteiger partial charge in [-0.1, -0.05) is 48.5 Å². The predicted octanol–water partition coefficient (Wildman–Crippen LogP) is 2.36. The van der Waals surface area contributed by atoms with Crippen molar-refractivity contribution in [3.63, 3.8) is 0 Å². The van der Waals surface area contributed by atoms with Gasteiger partial charge < -0.3 is 20.9 Å². The molecule has 1 amide bonds. The van der Waals surface area contributed by atoms with E-state index >= 15 is 0 Å². The number of benzene rings is 2. The molecule has 7 heteroatoms. The quantitative estimate of drug-likeness (QED) is 0.757. The molecule has 0 heterocycles. The van der Waals surface area contributed by atoms with Gasteiger partial charge in [0.2, 0.25) is 0 Å². The average Bonchev–Trinajstić information content (AvgIpc) is 2.92. The van der Waals surface area contributed by atoms with E-state index < -0.39 is 18.1 Å². The fraction of sp³-hybridized carbons (Fsp3) is 0.222. The SMILES string of the molecule is Cl.NC(CNC(=O)OCC1c2ccccc2-c2ccccc21)C(=O)O. The Labute approximate surface area is 151 Å². The maximum Gasteiger partial charge on any atom is 0.407 e. The Morgan fingerprint density at radius 2 is 1.60 bits per heavy atom. The van der Waals surface area contributed by atoms with E-state index in [-0.39, 0.29) is 31.5 Å². The number of carbonyl (C=O) groups excluding carboxylic acids is 1. The van der Waals surface area contributed by atoms with E-state index in [0.717, 1.165) is 22.3 Å². The van der Waals surface area contributed by atoms with Crippen molar-refractivity contribution in [2.24, 2.45) is 5.73 Å². The molecule has 1 aliphatic rings. The summed E-state index contributed by atoms with van der Waals surface area (Å²) >= 11 is 0. The van der Waals surface area contributed by atoms with Crippen molar-refractivity contribution in [1.29, 1.82) is 0 Å². The normalized spacial score (nSPS) is 13.2. The van der Waals surface area contributed by atoms with Crippen LogP contribution in [0.25, 0.3) is 11.1 Å². The lowest BCUT2D eigenvalue weighted by molar-refractivity contribution is -0.138. The molecular formula is C18H19ClN2O4. The highest BCUT2D eigenvalue weighted by Gasteiger charge is 2.29. The number of halogens is 1. The number of hydrogen-bond acceptors (Lipinski definition) is 4. The number of nitrogens with two attached hydrogens (primary N) is 1. The largest absolute Gasteiger partial charge is 0.480 e. The lowest BCUT2D eigenvalue weighted by Gasteiger charge is -2.15. The van der Waals surface area contributed by atoms with Crippen LogP contribution in [-0.4, -0.2) is 36.4 Å². The van der Waals surface area contributed by atoms with E-state index in [2.05, 4.69) is 17.4 Å². The molecule has 0 bridgehead atoms. The Hall–Kier alpha value is -2.57. The number of amides is 1. The van der Waals surface area contributed by atoms with Crippen molar-refractivity contribution in [1.82, 2.24) is 5.32 Å². The van der Waals surface area contributed by atoms with Crippen molar-refractivity contribution in [2.45, 2.75) is 12.0 Å². The van der Waals surface area contributed by atoms with Gasteiger partial charge >= 0.3 is 12.1 Å². The fourth-order valence-corrected chi connectivity index (χ4v) is 2.93. The maximum atomic E-state index is 11.8. The monoisotopic (exact) mass is 362 g/mol. The zero-order valence-corrected chi connectivity index (χ0v) is 14.2. The van der Waals surface area contributed by atoms with Crippen LogP contribution in [-0.2, 0) is 9.53 Å². The van der Waals surface area contributed by atoms with Gasteiger partial charge in [0.1, 0.15) is 12.6 Å². The molecule has 0 saturated carbocycles. The molecular weight excluding hydrogens is 344 g/mol. The number of nitrogens with one attached hydrogen (secondary N) is 1. The van der Waals surface area contributed by atoms with E-state index in [1.807, 2.05) is 36.4 Å². The summed E-state index contributed by atoms with van der Waals surface area (Å²) < 4.78 is 5.27. The van der Waals surface area contributed by atoms with Crippen molar-refractivity contribution in [3.05, 3.63) is 59.7 Å². The second-order valence-electron chi connectivity index (χ2n) is 5.65. The molecule has 3 rings (SSSR count). The van der Waals surface area contributed by atoms with E-state index in [9.17, 15) is 9.59 Å². The van der Waals surface area contributed by atoms with Crippen LogP contribution in [0.15, 0.2) is 48.5 Å². The van der Waals surface area contributed by atoms with Gasteiger partial charge in [-0.3, -0.25) is 4.79 Å². The Bertz CT molecular complexity index is 736. The summed E-state index contributed by atoms with van der Waals surface area (Å²) in [6, 6.07) is 14.9. The molecule has 1 unspecified atom stereocenters. The molecule has 132 valence electrons. The summed E-state index contributed by atoms with van der Waals surface area (Å²) in [6.45, 7) is 0.00811. The minimum absolute atomic E-state index is 0. The van der Waals surface area contributed by atoms with Crippen LogP contribution in [0.3, 0.4) is 0 Å². The Morgan fingerprint density at radius 3 is 2.12 bits per heavy atom. The molecule has 2 aromatic carbocycles. The van der Waals surface area contributed by atoms with Gasteiger partial charge in [-0.15, -0.1) is 12.4 Å². The predicted molar refractivity (Wildman–Crippen MR) is 95.9 cm³/mol. The van der Waals surface area contributed by atoms with Crippen molar-refractivity contribution < 1.29 is 19.4 Å². The Kier molecular flexibility index (Phi) is 6.01. The Balaban J connectivity index is 0.00000225. The second kappa shape index (κ2) is 8.00. The summed E-state index contributed by atoms with van der Waals surface area (Å²) in [5, 5.41) is 11.1. The van der Waals surface area contributed by atoms with Crippen molar-refractivity contribution in [2.75, 3.05) is 13.2 Å². The highest BCUT2D eigenvalue weighted by molar-refractivity contribution is 5.85. The zero-order chi connectivity index (χ0) is 17.1. The van der Waals surface area contributed by atoms with E-state index in [1.54, 1.807) is 0 Å². The van der Waals surface area contributed by atoms with Crippen LogP contribution in [0.1, 0.15) is 17.0 Å². The third kappa shape index (κ3) is 3.92. The first kappa shape index (κ1) is 18.8. The van der Waals surface area contributed by atoms with Crippen molar-refractivity contribution >= 4 is 24.5 Å². The average molecular weight is 363 g/mol. The van der Waals surface area contributed by atoms with Crippen LogP contribution in [0.2, 0.25) is 0 Å². The summed E-state index contributed by atoms with van der Waals surface area (Å²) in [7, 11) is 0. The number of aliphatic carboxylic acids is 1. The van der Waals surface area contributed by atoms with E-state index in [1.165, 1.54) is 0 Å². The van der Waals surface area contributed by atoms with Gasteiger partial charge in [0.15, 0.2) is 0 Å². The molecule has 0 spiro atoms. The minimum atomic E-state index is -1.17. The van der Waals surface area contributed by atoms with Gasteiger partial charge in [0, 0.05) is 12.5 Å². The molecule has 0 radical (unpaired) electrons. The minimum Gasteiger partial charge on any atom is -0.480 e. The van der Waals surface area contributed by atoms with Gasteiger partial charge in [0.05, 0.1) is 0 Å². The van der Waals surface area contributed by atoms with Crippen LogP contribution >= 0.6 is 12.4 Å². The first-order valence-electron chi connectivity index (χ1n) is 7.65. The van der Waals surface area contributed by atoms with E-state index in [0.29, 0.717) is 0 Å². The number of ether oxygens (including phenoxy) is 1. The van der Waals surface area contributed by atoms with Crippen LogP contribution < -0.4 is 11.1 Å². The lowest BCUT2D eigenvalue weighted by atomic mass is 9.98. The summed E-state index contributed by atoms with van der Waals surface area (Å²) in [5.41, 5.74) is 9.87. The van der Waals surface area contributed by atoms with Crippen LogP contribution in [0.4, 0.5) is 4.79 Å². The first-order chi connectivity index (χ1) is 11.6. The van der Waals surface area contributed by atoms with Gasteiger partial charge in [-0.05, 0) is 22.3 Å². The van der Waals surface area contributed by atoms with Gasteiger partial charge in [-0.25, -0.2) is 4.79 Å². The zero-order valence-electron chi connectivity index (χ0n) is 13.3. The van der Waals surface area contributed by atoms with Crippen LogP contribution in [0.5, 0.6) is 0 Å². The number of fused-ring (bicyclic) bond motifs is 3. The number of carboxylic acid groups (broad SMARTS) is 1. The number of rotatable bonds is 5. The molecule has 0 aromatic heterocycles. The molecule has 25 heavy (non-hydrogen) atoms. The number of carbonyl (C=O) groups is 2. The lowest BCUT2D eigenvalue weighted by Crippen LogP contribution is -2.42. The van der Waals surface area contributed by atoms with E-state index in [4.69, 9.17) is 15.6 Å². The molecule has 6 nitrogen and oxygen atoms in total. The topological polar surface area (TPSA) is 102 Å². The molecule has 1 aliphatic carbocycles. The van der Waals surface area contributed by atoms with Crippen LogP contribution in [0, 0.1) is 0 Å². The highest BCUT2D eigenvalue weighted by Crippen LogP contribution is 2.44. The maximum absolute atomic E-state index is 11.8. The standard InChI is InChI=1S/C18H18N2O4.ClH/c19-16(17(21)22)9-20-18(23)24-10-15-13-7-3-1-5-11(13)12-6-2-4-8-14(12)15;/h1-8,15-16H,9-10,19H2,(H,20,23)(H,21,22);1H. The molecule has 2 aromatic rings. The number of alkyl carbamates (subject to hydrolysis) is 1. The number of hydrogen-bond donors (Lipinski definition) is 3. The summed E-state index contributed by atoms with van der Waals surface area (Å²) in [6.07, 6.45) is -0.673. The third-order valence-electron chi connectivity index (χ3n) is 4.13. The molecule has 0 saturated heterocycles. The Morgan fingerprint density at radius 1 is 1.08 bits per heavy atom. The second-order valence-corrected chi connectivity index (χ2v) is 5.65. The summed E-state index contributed by atoms with van der Waals surface area (Å²) in [4.78, 5) is 22.4. The fourth-order valence-electron chi connectivity index (χ4n) is 2.93. The van der Waals surface area contributed by atoms with Gasteiger partial charge in [0.25, 0.3) is 0 Å². The highest BCUT2D eigenvalue weighted by atomic mass is 35.5. The molecule has 0 fully saturated rings. The van der Waals surface area contributed by atoms with Crippen molar-refractivity contribution in [3.8, 4) is 11.1 Å². The number of carboxylic acids is 1. The first-order valence-corrected chi connectivity index (χ1v) is 7.65.